The molecule has 3 heteroatoms. The Morgan fingerprint density at radius 3 is 3.00 bits per heavy atom. The normalized spacial score (nSPS) is 11.5. The van der Waals surface area contributed by atoms with E-state index in [0.29, 0.717) is 5.92 Å². The fourth-order valence-electron chi connectivity index (χ4n) is 1.13. The Hall–Kier alpha value is -1.25. The van der Waals surface area contributed by atoms with Gasteiger partial charge in [-0.15, -0.1) is 0 Å². The summed E-state index contributed by atoms with van der Waals surface area (Å²) in [5.74, 6) is 0.539. The van der Waals surface area contributed by atoms with Crippen LogP contribution in [0.3, 0.4) is 0 Å². The van der Waals surface area contributed by atoms with Crippen LogP contribution < -0.4 is 0 Å². The number of nitrogens with one attached hydrogen (secondary N) is 1. The Kier molecular flexibility index (Phi) is 1.24. The summed E-state index contributed by atoms with van der Waals surface area (Å²) in [6.07, 6.45) is 1.79. The maximum Gasteiger partial charge on any atom is 0.0867 e. The van der Waals surface area contributed by atoms with Crippen LogP contribution in [-0.2, 0) is 0 Å². The van der Waals surface area contributed by atoms with Crippen LogP contribution in [0.15, 0.2) is 18.3 Å². The number of nitrogens with zero attached hydrogens (tertiary/aromatic N) is 2. The molecular formula is C8H11N3. The second-order valence-electron chi connectivity index (χ2n) is 3.03. The first-order valence-corrected chi connectivity index (χ1v) is 3.80. The van der Waals surface area contributed by atoms with Crippen LogP contribution in [0, 0.1) is 0 Å². The van der Waals surface area contributed by atoms with Gasteiger partial charge in [0.2, 0.25) is 0 Å². The first-order valence-electron chi connectivity index (χ1n) is 3.80. The first kappa shape index (κ1) is 6.46. The molecule has 2 heterocycles. The van der Waals surface area contributed by atoms with E-state index >= 15 is 0 Å². The molecule has 0 saturated heterocycles. The predicted molar refractivity (Wildman–Crippen MR) is 43.6 cm³/mol. The second kappa shape index (κ2) is 2.12. The van der Waals surface area contributed by atoms with Crippen molar-refractivity contribution in [1.29, 1.82) is 0 Å². The molecular weight excluding hydrogens is 138 g/mol. The smallest absolute Gasteiger partial charge is 0.0867 e. The summed E-state index contributed by atoms with van der Waals surface area (Å²) >= 11 is 0. The monoisotopic (exact) mass is 149 g/mol. The lowest BCUT2D eigenvalue weighted by atomic mass is 10.1. The summed E-state index contributed by atoms with van der Waals surface area (Å²) in [5, 5.41) is 7.26. The SMILES string of the molecule is CC(C)c1cc2ccnn2[nH]1. The third-order valence-electron chi connectivity index (χ3n) is 1.83. The van der Waals surface area contributed by atoms with Gasteiger partial charge < -0.3 is 0 Å². The molecule has 0 radical (unpaired) electrons. The van der Waals surface area contributed by atoms with E-state index < -0.39 is 0 Å². The van der Waals surface area contributed by atoms with Gasteiger partial charge in [-0.3, -0.25) is 5.10 Å². The molecule has 0 aliphatic heterocycles. The Morgan fingerprint density at radius 1 is 1.55 bits per heavy atom. The largest absolute Gasteiger partial charge is 0.282 e. The van der Waals surface area contributed by atoms with Gasteiger partial charge in [0, 0.05) is 5.69 Å². The number of fused-ring (bicyclic) bond motifs is 1. The van der Waals surface area contributed by atoms with Gasteiger partial charge in [0.25, 0.3) is 0 Å². The van der Waals surface area contributed by atoms with Crippen LogP contribution in [0.2, 0.25) is 0 Å². The second-order valence-corrected chi connectivity index (χ2v) is 3.03. The highest BCUT2D eigenvalue weighted by Crippen LogP contribution is 2.13. The summed E-state index contributed by atoms with van der Waals surface area (Å²) in [5.41, 5.74) is 2.36. The van der Waals surface area contributed by atoms with Crippen LogP contribution in [0.5, 0.6) is 0 Å². The van der Waals surface area contributed by atoms with E-state index in [-0.39, 0.29) is 0 Å². The number of hydrogen-bond donors (Lipinski definition) is 1. The minimum Gasteiger partial charge on any atom is -0.282 e. The lowest BCUT2D eigenvalue weighted by molar-refractivity contribution is 0.742. The zero-order valence-electron chi connectivity index (χ0n) is 6.70. The first-order chi connectivity index (χ1) is 5.27. The van der Waals surface area contributed by atoms with Gasteiger partial charge in [-0.2, -0.15) is 9.73 Å². The number of H-pyrrole nitrogens is 1. The van der Waals surface area contributed by atoms with E-state index in [1.54, 1.807) is 10.8 Å². The summed E-state index contributed by atoms with van der Waals surface area (Å²) in [4.78, 5) is 0. The molecule has 0 atom stereocenters. The lowest BCUT2D eigenvalue weighted by Crippen LogP contribution is -1.90. The van der Waals surface area contributed by atoms with Crippen molar-refractivity contribution < 1.29 is 0 Å². The highest BCUT2D eigenvalue weighted by atomic mass is 15.4. The third-order valence-corrected chi connectivity index (χ3v) is 1.83. The summed E-state index contributed by atoms with van der Waals surface area (Å²) in [6, 6.07) is 4.11. The Labute approximate surface area is 65.0 Å². The van der Waals surface area contributed by atoms with E-state index in [1.807, 2.05) is 6.07 Å². The average molecular weight is 149 g/mol. The fourth-order valence-corrected chi connectivity index (χ4v) is 1.13. The quantitative estimate of drug-likeness (QED) is 0.658. The molecule has 0 aromatic carbocycles. The van der Waals surface area contributed by atoms with Crippen LogP contribution in [0.25, 0.3) is 5.52 Å². The number of aromatic amines is 1. The van der Waals surface area contributed by atoms with Crippen LogP contribution in [0.4, 0.5) is 0 Å². The van der Waals surface area contributed by atoms with Gasteiger partial charge in [0.15, 0.2) is 0 Å². The van der Waals surface area contributed by atoms with E-state index in [4.69, 9.17) is 0 Å². The molecule has 0 fully saturated rings. The number of hydrogen-bond acceptors (Lipinski definition) is 1. The van der Waals surface area contributed by atoms with Gasteiger partial charge in [0.05, 0.1) is 11.7 Å². The number of aromatic nitrogens is 3. The van der Waals surface area contributed by atoms with Crippen molar-refractivity contribution in [2.24, 2.45) is 0 Å². The Balaban J connectivity index is 2.58. The molecule has 2 aromatic heterocycles. The summed E-state index contributed by atoms with van der Waals surface area (Å²) in [7, 11) is 0. The number of rotatable bonds is 1. The van der Waals surface area contributed by atoms with Gasteiger partial charge in [-0.25, -0.2) is 0 Å². The zero-order chi connectivity index (χ0) is 7.84. The van der Waals surface area contributed by atoms with Gasteiger partial charge >= 0.3 is 0 Å². The third kappa shape index (κ3) is 0.926. The molecule has 58 valence electrons. The van der Waals surface area contributed by atoms with Crippen molar-refractivity contribution in [3.8, 4) is 0 Å². The molecule has 0 bridgehead atoms. The van der Waals surface area contributed by atoms with Crippen molar-refractivity contribution >= 4 is 5.52 Å². The predicted octanol–water partition coefficient (Wildman–Crippen LogP) is 1.79. The van der Waals surface area contributed by atoms with Gasteiger partial charge in [-0.05, 0) is 18.1 Å². The summed E-state index contributed by atoms with van der Waals surface area (Å²) < 4.78 is 1.79. The molecule has 0 spiro atoms. The van der Waals surface area contributed by atoms with E-state index in [2.05, 4.69) is 30.1 Å². The fraction of sp³-hybridized carbons (Fsp3) is 0.375. The molecule has 3 nitrogen and oxygen atoms in total. The van der Waals surface area contributed by atoms with Gasteiger partial charge in [0.1, 0.15) is 0 Å². The van der Waals surface area contributed by atoms with E-state index in [9.17, 15) is 0 Å². The minimum atomic E-state index is 0.539. The molecule has 0 aliphatic carbocycles. The van der Waals surface area contributed by atoms with Crippen LogP contribution in [-0.4, -0.2) is 14.8 Å². The minimum absolute atomic E-state index is 0.539. The van der Waals surface area contributed by atoms with Gasteiger partial charge in [-0.1, -0.05) is 13.8 Å². The molecule has 0 saturated carbocycles. The highest BCUT2D eigenvalue weighted by molar-refractivity contribution is 5.46. The molecule has 0 amide bonds. The van der Waals surface area contributed by atoms with Crippen molar-refractivity contribution in [2.45, 2.75) is 19.8 Å². The van der Waals surface area contributed by atoms with Crippen molar-refractivity contribution in [2.75, 3.05) is 0 Å². The lowest BCUT2D eigenvalue weighted by Gasteiger charge is -1.96. The zero-order valence-corrected chi connectivity index (χ0v) is 6.70. The van der Waals surface area contributed by atoms with E-state index in [1.165, 1.54) is 5.69 Å². The molecule has 0 unspecified atom stereocenters. The van der Waals surface area contributed by atoms with Crippen molar-refractivity contribution in [3.63, 3.8) is 0 Å². The molecule has 2 rings (SSSR count). The molecule has 0 aliphatic rings. The Morgan fingerprint density at radius 2 is 2.36 bits per heavy atom. The van der Waals surface area contributed by atoms with Crippen LogP contribution in [0.1, 0.15) is 25.5 Å². The standard InChI is InChI=1S/C8H11N3/c1-6(2)8-5-7-3-4-9-11(7)10-8/h3-6,10H,1-2H3. The molecule has 2 aromatic rings. The van der Waals surface area contributed by atoms with E-state index in [0.717, 1.165) is 5.52 Å². The topological polar surface area (TPSA) is 33.1 Å². The summed E-state index contributed by atoms with van der Waals surface area (Å²) in [6.45, 7) is 4.32. The highest BCUT2D eigenvalue weighted by Gasteiger charge is 2.03. The van der Waals surface area contributed by atoms with Crippen molar-refractivity contribution in [1.82, 2.24) is 14.8 Å². The maximum atomic E-state index is 4.08. The van der Waals surface area contributed by atoms with Crippen LogP contribution >= 0.6 is 0 Å². The molecule has 11 heavy (non-hydrogen) atoms. The average Bonchev–Trinajstić information content (AvgIpc) is 2.40. The maximum absolute atomic E-state index is 4.08. The Bertz CT molecular complexity index is 327. The molecule has 1 N–H and O–H groups in total. The van der Waals surface area contributed by atoms with Crippen molar-refractivity contribution in [3.05, 3.63) is 24.0 Å².